The van der Waals surface area contributed by atoms with Gasteiger partial charge in [-0.15, -0.1) is 0 Å². The van der Waals surface area contributed by atoms with E-state index in [9.17, 15) is 0 Å². The number of hydrogen-bond donors (Lipinski definition) is 1. The maximum absolute atomic E-state index is 5.69. The molecule has 0 aromatic heterocycles. The Bertz CT molecular complexity index is 213. The van der Waals surface area contributed by atoms with Gasteiger partial charge >= 0.3 is 0 Å². The van der Waals surface area contributed by atoms with Crippen molar-refractivity contribution in [3.05, 3.63) is 0 Å². The van der Waals surface area contributed by atoms with Crippen molar-refractivity contribution in [2.75, 3.05) is 13.2 Å². The van der Waals surface area contributed by atoms with Crippen LogP contribution < -0.4 is 5.32 Å². The lowest BCUT2D eigenvalue weighted by atomic mass is 9.90. The molecule has 0 radical (unpaired) electrons. The molecule has 0 aromatic rings. The van der Waals surface area contributed by atoms with Gasteiger partial charge in [0.15, 0.2) is 0 Å². The van der Waals surface area contributed by atoms with Crippen LogP contribution in [-0.2, 0) is 4.74 Å². The molecule has 0 bridgehead atoms. The Balaban J connectivity index is 1.62. The summed E-state index contributed by atoms with van der Waals surface area (Å²) in [6.45, 7) is 6.79. The van der Waals surface area contributed by atoms with Crippen molar-refractivity contribution in [2.24, 2.45) is 11.8 Å². The van der Waals surface area contributed by atoms with Crippen LogP contribution >= 0.6 is 0 Å². The SMILES string of the molecule is CCNC1CCC(CCCC2CCCO2)C1C. The lowest BCUT2D eigenvalue weighted by molar-refractivity contribution is 0.100. The number of hydrogen-bond acceptors (Lipinski definition) is 2. The van der Waals surface area contributed by atoms with E-state index in [1.807, 2.05) is 0 Å². The van der Waals surface area contributed by atoms with Crippen molar-refractivity contribution in [3.63, 3.8) is 0 Å². The summed E-state index contributed by atoms with van der Waals surface area (Å²) >= 11 is 0. The van der Waals surface area contributed by atoms with Gasteiger partial charge < -0.3 is 10.1 Å². The zero-order chi connectivity index (χ0) is 12.1. The third kappa shape index (κ3) is 3.69. The monoisotopic (exact) mass is 239 g/mol. The zero-order valence-corrected chi connectivity index (χ0v) is 11.6. The Labute approximate surface area is 107 Å². The van der Waals surface area contributed by atoms with E-state index in [4.69, 9.17) is 4.74 Å². The highest BCUT2D eigenvalue weighted by Gasteiger charge is 2.31. The lowest BCUT2D eigenvalue weighted by Gasteiger charge is -2.21. The molecule has 17 heavy (non-hydrogen) atoms. The van der Waals surface area contributed by atoms with Gasteiger partial charge in [0.25, 0.3) is 0 Å². The van der Waals surface area contributed by atoms with E-state index < -0.39 is 0 Å². The van der Waals surface area contributed by atoms with Crippen LogP contribution in [0.25, 0.3) is 0 Å². The first-order valence-corrected chi connectivity index (χ1v) is 7.66. The largest absolute Gasteiger partial charge is 0.378 e. The molecule has 1 aliphatic heterocycles. The smallest absolute Gasteiger partial charge is 0.0576 e. The quantitative estimate of drug-likeness (QED) is 0.767. The minimum Gasteiger partial charge on any atom is -0.378 e. The molecule has 2 heteroatoms. The minimum absolute atomic E-state index is 0.594. The van der Waals surface area contributed by atoms with Crippen molar-refractivity contribution in [3.8, 4) is 0 Å². The highest BCUT2D eigenvalue weighted by atomic mass is 16.5. The fourth-order valence-electron chi connectivity index (χ4n) is 3.69. The fourth-order valence-corrected chi connectivity index (χ4v) is 3.69. The average Bonchev–Trinajstić information content (AvgIpc) is 2.94. The molecular weight excluding hydrogens is 210 g/mol. The Morgan fingerprint density at radius 3 is 2.76 bits per heavy atom. The summed E-state index contributed by atoms with van der Waals surface area (Å²) in [6.07, 6.45) is 10.1. The van der Waals surface area contributed by atoms with E-state index in [0.29, 0.717) is 6.10 Å². The number of rotatable bonds is 6. The van der Waals surface area contributed by atoms with E-state index in [1.165, 1.54) is 44.9 Å². The molecule has 4 atom stereocenters. The van der Waals surface area contributed by atoms with E-state index in [0.717, 1.165) is 31.0 Å². The molecule has 0 amide bonds. The van der Waals surface area contributed by atoms with E-state index in [1.54, 1.807) is 0 Å². The zero-order valence-electron chi connectivity index (χ0n) is 11.6. The van der Waals surface area contributed by atoms with Crippen LogP contribution in [0.2, 0.25) is 0 Å². The standard InChI is InChI=1S/C15H29NO/c1-3-16-15-10-9-13(12(15)2)6-4-7-14-8-5-11-17-14/h12-16H,3-11H2,1-2H3. The van der Waals surface area contributed by atoms with Gasteiger partial charge in [-0.1, -0.05) is 26.7 Å². The fraction of sp³-hybridized carbons (Fsp3) is 1.00. The maximum atomic E-state index is 5.69. The molecule has 2 nitrogen and oxygen atoms in total. The molecular formula is C15H29NO. The van der Waals surface area contributed by atoms with E-state index in [-0.39, 0.29) is 0 Å². The van der Waals surface area contributed by atoms with Crippen LogP contribution in [0.1, 0.15) is 58.8 Å². The highest BCUT2D eigenvalue weighted by molar-refractivity contribution is 4.86. The predicted octanol–water partition coefficient (Wildman–Crippen LogP) is 3.36. The molecule has 2 rings (SSSR count). The van der Waals surface area contributed by atoms with Crippen molar-refractivity contribution >= 4 is 0 Å². The second-order valence-electron chi connectivity index (χ2n) is 5.93. The van der Waals surface area contributed by atoms with Gasteiger partial charge in [0.2, 0.25) is 0 Å². The summed E-state index contributed by atoms with van der Waals surface area (Å²) in [5.74, 6) is 1.83. The van der Waals surface area contributed by atoms with Gasteiger partial charge in [-0.3, -0.25) is 0 Å². The molecule has 4 unspecified atom stereocenters. The van der Waals surface area contributed by atoms with Crippen molar-refractivity contribution in [1.29, 1.82) is 0 Å². The number of ether oxygens (including phenoxy) is 1. The lowest BCUT2D eigenvalue weighted by Crippen LogP contribution is -2.32. The first-order chi connectivity index (χ1) is 8.31. The summed E-state index contributed by atoms with van der Waals surface area (Å²) in [6, 6.07) is 0.785. The Morgan fingerprint density at radius 2 is 2.06 bits per heavy atom. The van der Waals surface area contributed by atoms with Crippen LogP contribution in [0.4, 0.5) is 0 Å². The van der Waals surface area contributed by atoms with Crippen molar-refractivity contribution in [1.82, 2.24) is 5.32 Å². The predicted molar refractivity (Wildman–Crippen MR) is 72.2 cm³/mol. The van der Waals surface area contributed by atoms with Crippen molar-refractivity contribution < 1.29 is 4.74 Å². The third-order valence-corrected chi connectivity index (χ3v) is 4.82. The number of nitrogens with one attached hydrogen (secondary N) is 1. The maximum Gasteiger partial charge on any atom is 0.0576 e. The van der Waals surface area contributed by atoms with Gasteiger partial charge in [-0.2, -0.15) is 0 Å². The molecule has 2 fully saturated rings. The summed E-state index contributed by atoms with van der Waals surface area (Å²) < 4.78 is 5.69. The normalized spacial score (nSPS) is 37.8. The highest BCUT2D eigenvalue weighted by Crippen LogP contribution is 2.35. The summed E-state index contributed by atoms with van der Waals surface area (Å²) in [7, 11) is 0. The van der Waals surface area contributed by atoms with Crippen molar-refractivity contribution in [2.45, 2.75) is 70.9 Å². The molecule has 0 spiro atoms. The van der Waals surface area contributed by atoms with E-state index in [2.05, 4.69) is 19.2 Å². The Hall–Kier alpha value is -0.0800. The second-order valence-corrected chi connectivity index (χ2v) is 5.93. The first-order valence-electron chi connectivity index (χ1n) is 7.66. The van der Waals surface area contributed by atoms with Gasteiger partial charge in [-0.05, 0) is 50.5 Å². The minimum atomic E-state index is 0.594. The third-order valence-electron chi connectivity index (χ3n) is 4.82. The topological polar surface area (TPSA) is 21.3 Å². The average molecular weight is 239 g/mol. The van der Waals surface area contributed by atoms with Gasteiger partial charge in [0.05, 0.1) is 6.10 Å². The van der Waals surface area contributed by atoms with Gasteiger partial charge in [0.1, 0.15) is 0 Å². The molecule has 1 heterocycles. The molecule has 1 N–H and O–H groups in total. The molecule has 0 aromatic carbocycles. The van der Waals surface area contributed by atoms with E-state index >= 15 is 0 Å². The summed E-state index contributed by atoms with van der Waals surface area (Å²) in [4.78, 5) is 0. The van der Waals surface area contributed by atoms with Crippen LogP contribution in [0, 0.1) is 11.8 Å². The van der Waals surface area contributed by atoms with Crippen LogP contribution in [0.3, 0.4) is 0 Å². The Morgan fingerprint density at radius 1 is 1.18 bits per heavy atom. The molecule has 2 aliphatic rings. The van der Waals surface area contributed by atoms with Gasteiger partial charge in [-0.25, -0.2) is 0 Å². The molecule has 1 aliphatic carbocycles. The van der Waals surface area contributed by atoms with Crippen LogP contribution in [-0.4, -0.2) is 25.3 Å². The van der Waals surface area contributed by atoms with Crippen LogP contribution in [0.15, 0.2) is 0 Å². The van der Waals surface area contributed by atoms with Crippen LogP contribution in [0.5, 0.6) is 0 Å². The Kier molecular flexibility index (Phi) is 5.30. The summed E-state index contributed by atoms with van der Waals surface area (Å²) in [5.41, 5.74) is 0. The molecule has 100 valence electrons. The second kappa shape index (κ2) is 6.75. The molecule has 1 saturated carbocycles. The molecule has 1 saturated heterocycles. The summed E-state index contributed by atoms with van der Waals surface area (Å²) in [5, 5.41) is 3.63. The van der Waals surface area contributed by atoms with Gasteiger partial charge in [0, 0.05) is 12.6 Å². The first kappa shape index (κ1) is 13.4.